The van der Waals surface area contributed by atoms with Gasteiger partial charge in [-0.3, -0.25) is 33.3 Å². The van der Waals surface area contributed by atoms with Gasteiger partial charge in [-0.25, -0.2) is 4.57 Å². The van der Waals surface area contributed by atoms with E-state index in [1.807, 2.05) is 0 Å². The number of amides is 2. The molecule has 21 heteroatoms. The Kier molecular flexibility index (Phi) is 63.7. The van der Waals surface area contributed by atoms with E-state index < -0.39 is 119 Å². The second kappa shape index (κ2) is 67.1. The van der Waals surface area contributed by atoms with Gasteiger partial charge in [0.1, 0.15) is 36.6 Å². The van der Waals surface area contributed by atoms with Crippen LogP contribution in [-0.4, -0.2) is 131 Å². The normalized spacial score (nSPS) is 17.4. The van der Waals surface area contributed by atoms with E-state index >= 15 is 0 Å². The number of rotatable bonds is 73. The predicted octanol–water partition coefficient (Wildman–Crippen LogP) is 19.2. The average molecular weight is 1470 g/mol. The van der Waals surface area contributed by atoms with E-state index in [1.54, 1.807) is 0 Å². The fraction of sp³-hybridized carbons (Fsp3) is 0.926. The quantitative estimate of drug-likeness (QED) is 0.0143. The molecule has 1 rings (SSSR count). The summed E-state index contributed by atoms with van der Waals surface area (Å²) in [6.07, 6.45) is 40.4. The van der Waals surface area contributed by atoms with Crippen molar-refractivity contribution in [3.05, 3.63) is 0 Å². The number of aliphatic hydroxyl groups excluding tert-OH is 2. The van der Waals surface area contributed by atoms with Gasteiger partial charge in [-0.2, -0.15) is 0 Å². The lowest BCUT2D eigenvalue weighted by molar-refractivity contribution is -0.272. The Bertz CT molecular complexity index is 2080. The Morgan fingerprint density at radius 2 is 0.696 bits per heavy atom. The highest BCUT2D eigenvalue weighted by Gasteiger charge is 2.52. The summed E-state index contributed by atoms with van der Waals surface area (Å²) in [5.41, 5.74) is 0. The van der Waals surface area contributed by atoms with Crippen molar-refractivity contribution >= 4 is 43.5 Å². The van der Waals surface area contributed by atoms with Gasteiger partial charge < -0.3 is 59.1 Å². The number of carbonyl (C=O) groups is 6. The van der Waals surface area contributed by atoms with Crippen LogP contribution in [0.5, 0.6) is 0 Å². The van der Waals surface area contributed by atoms with Crippen molar-refractivity contribution in [1.29, 1.82) is 0 Å². The molecule has 2 amide bonds. The van der Waals surface area contributed by atoms with Crippen LogP contribution in [0.2, 0.25) is 0 Å². The molecule has 1 heterocycles. The largest absolute Gasteiger partial charge is 0.470 e. The predicted molar refractivity (Wildman–Crippen MR) is 406 cm³/mol. The maximum Gasteiger partial charge on any atom is 0.470 e. The average Bonchev–Trinajstić information content (AvgIpc) is 0.781. The molecule has 20 nitrogen and oxygen atoms in total. The zero-order valence-corrected chi connectivity index (χ0v) is 66.5. The smallest absolute Gasteiger partial charge is 0.462 e. The second-order valence-corrected chi connectivity index (χ2v) is 30.7. The first-order valence-corrected chi connectivity index (χ1v) is 43.6. The lowest BCUT2D eigenvalue weighted by atomic mass is 9.95. The van der Waals surface area contributed by atoms with E-state index in [0.29, 0.717) is 51.4 Å². The number of aliphatic hydroxyl groups is 2. The maximum absolute atomic E-state index is 14.8. The molecule has 0 aromatic carbocycles. The third-order valence-electron chi connectivity index (χ3n) is 19.7. The summed E-state index contributed by atoms with van der Waals surface area (Å²) in [6.45, 7) is 10.9. The third-order valence-corrected chi connectivity index (χ3v) is 20.2. The molecule has 1 fully saturated rings. The maximum atomic E-state index is 14.8. The SMILES string of the molecule is CCCCCCCCCCC[C@H](CC(=O)N[C@@H](CO)CO[C@@H]1O[C@H](CO)[C@@H](OP(=O)(O)O)[C@H](OC(=O)C[C@@H](CCCCCCCCCCC)OC(=O)CCCCCCCCC)[C@H]1NC(=O)C[C@@H](CCCCCCCCCCC)OC(=O)CCCCCCCCC)OC(=O)CCCCCCCCC. The molecule has 0 aliphatic carbocycles. The van der Waals surface area contributed by atoms with Crippen LogP contribution in [0.3, 0.4) is 0 Å². The third kappa shape index (κ3) is 55.2. The first-order chi connectivity index (χ1) is 49.5. The molecular formula is C81H153N2O18P. The van der Waals surface area contributed by atoms with Crippen molar-refractivity contribution in [2.45, 2.75) is 463 Å². The van der Waals surface area contributed by atoms with Crippen molar-refractivity contribution in [2.75, 3.05) is 19.8 Å². The van der Waals surface area contributed by atoms with E-state index in [2.05, 4.69) is 52.2 Å². The molecule has 6 N–H and O–H groups in total. The van der Waals surface area contributed by atoms with Crippen molar-refractivity contribution < 1.29 is 86.3 Å². The molecule has 1 aliphatic rings. The fourth-order valence-corrected chi connectivity index (χ4v) is 14.1. The van der Waals surface area contributed by atoms with Crippen LogP contribution in [0.25, 0.3) is 0 Å². The Labute approximate surface area is 620 Å². The summed E-state index contributed by atoms with van der Waals surface area (Å²) in [6, 6.07) is -2.80. The minimum atomic E-state index is -5.51. The van der Waals surface area contributed by atoms with Crippen LogP contribution in [0.1, 0.15) is 408 Å². The summed E-state index contributed by atoms with van der Waals surface area (Å²) in [5, 5.41) is 27.5. The zero-order valence-electron chi connectivity index (χ0n) is 65.6. The van der Waals surface area contributed by atoms with Crippen LogP contribution < -0.4 is 10.6 Å². The van der Waals surface area contributed by atoms with Crippen LogP contribution >= 0.6 is 7.82 Å². The number of unbranched alkanes of at least 4 members (excludes halogenated alkanes) is 42. The standard InChI is InChI=1S/C81H153N2O18P/c1-7-13-19-25-31-34-40-43-49-55-68(96-74(88)58-52-46-37-28-22-16-10-4)61-72(86)82-67(64-84)66-95-81-78(83-73(87)62-69(56-50-44-41-35-32-26-20-14-8-2)97-75(89)59-53-47-38-29-23-17-11-5)80(79(71(65-85)99-81)101-102(92,93)94)100-77(91)63-70(57-51-45-42-36-33-27-21-15-9-3)98-76(90)60-54-48-39-30-24-18-12-6/h67-71,78-81,84-85H,7-66H2,1-6H3,(H,82,86)(H,83,87)(H2,92,93,94)/t67-,68+,69+,70+,71+,78+,79+,80+,81+/m0/s1. The Morgan fingerprint density at radius 1 is 0.392 bits per heavy atom. The molecule has 1 aliphatic heterocycles. The molecule has 102 heavy (non-hydrogen) atoms. The molecule has 600 valence electrons. The van der Waals surface area contributed by atoms with E-state index in [-0.39, 0.29) is 38.1 Å². The molecule has 0 radical (unpaired) electrons. The van der Waals surface area contributed by atoms with Gasteiger partial charge in [-0.1, -0.05) is 311 Å². The lowest BCUT2D eigenvalue weighted by Crippen LogP contribution is -2.66. The number of hydrogen-bond acceptors (Lipinski definition) is 16. The van der Waals surface area contributed by atoms with Crippen LogP contribution in [0, 0.1) is 0 Å². The van der Waals surface area contributed by atoms with Crippen molar-refractivity contribution in [1.82, 2.24) is 10.6 Å². The van der Waals surface area contributed by atoms with E-state index in [1.165, 1.54) is 57.8 Å². The van der Waals surface area contributed by atoms with E-state index in [4.69, 9.17) is 32.9 Å². The molecule has 0 aromatic heterocycles. The molecule has 0 spiro atoms. The van der Waals surface area contributed by atoms with Gasteiger partial charge in [0.25, 0.3) is 0 Å². The van der Waals surface area contributed by atoms with Gasteiger partial charge in [0.15, 0.2) is 12.4 Å². The summed E-state index contributed by atoms with van der Waals surface area (Å²) in [7, 11) is -5.51. The summed E-state index contributed by atoms with van der Waals surface area (Å²) in [5.74, 6) is -3.52. The highest BCUT2D eigenvalue weighted by atomic mass is 31.2. The van der Waals surface area contributed by atoms with Crippen LogP contribution in [-0.2, 0) is 66.3 Å². The number of phosphoric acid groups is 1. The highest BCUT2D eigenvalue weighted by molar-refractivity contribution is 7.46. The Morgan fingerprint density at radius 3 is 1.01 bits per heavy atom. The monoisotopic (exact) mass is 1470 g/mol. The minimum Gasteiger partial charge on any atom is -0.462 e. The highest BCUT2D eigenvalue weighted by Crippen LogP contribution is 2.42. The van der Waals surface area contributed by atoms with E-state index in [9.17, 15) is 53.3 Å². The lowest BCUT2D eigenvalue weighted by Gasteiger charge is -2.45. The van der Waals surface area contributed by atoms with Crippen LogP contribution in [0.4, 0.5) is 0 Å². The van der Waals surface area contributed by atoms with Gasteiger partial charge in [0.05, 0.1) is 45.1 Å². The van der Waals surface area contributed by atoms with Crippen molar-refractivity contribution in [3.63, 3.8) is 0 Å². The number of phosphoric ester groups is 1. The Hall–Kier alpha value is -3.23. The summed E-state index contributed by atoms with van der Waals surface area (Å²) in [4.78, 5) is 105. The minimum absolute atomic E-state index is 0.150. The van der Waals surface area contributed by atoms with Gasteiger partial charge >= 0.3 is 31.7 Å². The molecule has 1 saturated heterocycles. The van der Waals surface area contributed by atoms with E-state index in [0.717, 1.165) is 218 Å². The first-order valence-electron chi connectivity index (χ1n) is 42.1. The number of ether oxygens (including phenoxy) is 6. The topological polar surface area (TPSA) is 289 Å². The van der Waals surface area contributed by atoms with Crippen molar-refractivity contribution in [3.8, 4) is 0 Å². The second-order valence-electron chi connectivity index (χ2n) is 29.5. The van der Waals surface area contributed by atoms with Gasteiger partial charge in [-0.05, 0) is 57.8 Å². The Balaban J connectivity index is 3.80. The molecule has 0 unspecified atom stereocenters. The summed E-state index contributed by atoms with van der Waals surface area (Å²) < 4.78 is 55.3. The van der Waals surface area contributed by atoms with Gasteiger partial charge in [0.2, 0.25) is 11.8 Å². The van der Waals surface area contributed by atoms with Gasteiger partial charge in [-0.15, -0.1) is 0 Å². The zero-order chi connectivity index (χ0) is 75.0. The fourth-order valence-electron chi connectivity index (χ4n) is 13.5. The number of hydrogen-bond donors (Lipinski definition) is 6. The molecular weight excluding hydrogens is 1320 g/mol. The number of carbonyl (C=O) groups excluding carboxylic acids is 6. The molecule has 0 saturated carbocycles. The number of nitrogens with one attached hydrogen (secondary N) is 2. The van der Waals surface area contributed by atoms with Gasteiger partial charge in [0, 0.05) is 19.3 Å². The molecule has 9 atom stereocenters. The number of esters is 4. The molecule has 0 bridgehead atoms. The summed E-state index contributed by atoms with van der Waals surface area (Å²) >= 11 is 0. The first kappa shape index (κ1) is 96.8. The van der Waals surface area contributed by atoms with Crippen LogP contribution in [0.15, 0.2) is 0 Å². The van der Waals surface area contributed by atoms with Crippen molar-refractivity contribution in [2.24, 2.45) is 0 Å². The molecule has 0 aromatic rings.